The Labute approximate surface area is 151 Å². The summed E-state index contributed by atoms with van der Waals surface area (Å²) in [5, 5.41) is 0.626. The minimum absolute atomic E-state index is 0. The molecule has 0 bridgehead atoms. The maximum Gasteiger partial charge on any atom is 0.253 e. The molecule has 0 atom stereocenters. The van der Waals surface area contributed by atoms with Gasteiger partial charge in [0.05, 0.1) is 7.11 Å². The van der Waals surface area contributed by atoms with E-state index < -0.39 is 0 Å². The van der Waals surface area contributed by atoms with Crippen LogP contribution in [-0.4, -0.2) is 54.1 Å². The summed E-state index contributed by atoms with van der Waals surface area (Å²) in [4.78, 5) is 24.9. The fraction of sp³-hybridized carbons (Fsp3) is 0.312. The number of rotatable bonds is 3. The van der Waals surface area contributed by atoms with Crippen LogP contribution in [0.5, 0.6) is 5.88 Å². The van der Waals surface area contributed by atoms with E-state index in [2.05, 4.69) is 9.97 Å². The molecule has 6 nitrogen and oxygen atoms in total. The number of ether oxygens (including phenoxy) is 1. The smallest absolute Gasteiger partial charge is 0.253 e. The van der Waals surface area contributed by atoms with Crippen molar-refractivity contribution in [3.8, 4) is 5.88 Å². The number of anilines is 1. The van der Waals surface area contributed by atoms with E-state index in [1.165, 1.54) is 0 Å². The molecule has 1 amide bonds. The average molecular weight is 369 g/mol. The zero-order valence-corrected chi connectivity index (χ0v) is 14.8. The van der Waals surface area contributed by atoms with Crippen molar-refractivity contribution >= 4 is 35.9 Å². The van der Waals surface area contributed by atoms with Crippen LogP contribution in [0.25, 0.3) is 0 Å². The molecular formula is C16H18Cl2N4O2. The van der Waals surface area contributed by atoms with Gasteiger partial charge in [-0.05, 0) is 24.3 Å². The summed E-state index contributed by atoms with van der Waals surface area (Å²) in [6.07, 6.45) is 1.67. The van der Waals surface area contributed by atoms with E-state index in [0.29, 0.717) is 48.6 Å². The molecule has 24 heavy (non-hydrogen) atoms. The van der Waals surface area contributed by atoms with Crippen LogP contribution in [-0.2, 0) is 0 Å². The zero-order valence-electron chi connectivity index (χ0n) is 13.2. The van der Waals surface area contributed by atoms with E-state index in [9.17, 15) is 4.79 Å². The van der Waals surface area contributed by atoms with Crippen molar-refractivity contribution in [3.05, 3.63) is 47.1 Å². The lowest BCUT2D eigenvalue weighted by Crippen LogP contribution is -2.49. The summed E-state index contributed by atoms with van der Waals surface area (Å²) in [6, 6.07) is 8.68. The average Bonchev–Trinajstić information content (AvgIpc) is 2.62. The van der Waals surface area contributed by atoms with Crippen LogP contribution in [0.2, 0.25) is 5.02 Å². The lowest BCUT2D eigenvalue weighted by atomic mass is 10.2. The first kappa shape index (κ1) is 18.3. The van der Waals surface area contributed by atoms with Gasteiger partial charge in [0, 0.05) is 49.0 Å². The first-order valence-electron chi connectivity index (χ1n) is 7.34. The van der Waals surface area contributed by atoms with Crippen LogP contribution in [0.3, 0.4) is 0 Å². The highest BCUT2D eigenvalue weighted by Crippen LogP contribution is 2.16. The minimum atomic E-state index is 0. The van der Waals surface area contributed by atoms with Crippen LogP contribution in [0.4, 0.5) is 5.95 Å². The number of hydrogen-bond donors (Lipinski definition) is 0. The second-order valence-electron chi connectivity index (χ2n) is 5.19. The van der Waals surface area contributed by atoms with Gasteiger partial charge in [0.25, 0.3) is 5.91 Å². The predicted octanol–water partition coefficient (Wildman–Crippen LogP) is 2.52. The Bertz CT molecular complexity index is 689. The Morgan fingerprint density at radius 3 is 2.42 bits per heavy atom. The van der Waals surface area contributed by atoms with Crippen molar-refractivity contribution in [1.29, 1.82) is 0 Å². The van der Waals surface area contributed by atoms with E-state index in [4.69, 9.17) is 16.3 Å². The molecule has 0 unspecified atom stereocenters. The molecule has 128 valence electrons. The van der Waals surface area contributed by atoms with Crippen LogP contribution in [0.15, 0.2) is 36.5 Å². The standard InChI is InChI=1S/C16H17ClN4O2.ClH/c1-23-14-6-7-18-16(19-14)21-10-8-20(9-11-21)15(22)12-2-4-13(17)5-3-12;/h2-7H,8-11H2,1H3;1H. The summed E-state index contributed by atoms with van der Waals surface area (Å²) >= 11 is 5.86. The van der Waals surface area contributed by atoms with E-state index in [0.717, 1.165) is 0 Å². The van der Waals surface area contributed by atoms with Gasteiger partial charge in [0.15, 0.2) is 0 Å². The van der Waals surface area contributed by atoms with E-state index in [-0.39, 0.29) is 18.3 Å². The summed E-state index contributed by atoms with van der Waals surface area (Å²) < 4.78 is 5.12. The minimum Gasteiger partial charge on any atom is -0.481 e. The molecule has 0 aliphatic carbocycles. The number of piperazine rings is 1. The summed E-state index contributed by atoms with van der Waals surface area (Å²) in [5.41, 5.74) is 0.653. The molecule has 8 heteroatoms. The molecule has 1 aromatic carbocycles. The Kier molecular flexibility index (Phi) is 6.23. The molecule has 0 N–H and O–H groups in total. The number of benzene rings is 1. The maximum absolute atomic E-state index is 12.5. The van der Waals surface area contributed by atoms with Crippen molar-refractivity contribution in [2.24, 2.45) is 0 Å². The SMILES string of the molecule is COc1ccnc(N2CCN(C(=O)c3ccc(Cl)cc3)CC2)n1.Cl. The molecule has 0 spiro atoms. The number of halogens is 2. The second-order valence-corrected chi connectivity index (χ2v) is 5.62. The topological polar surface area (TPSA) is 58.6 Å². The Morgan fingerprint density at radius 2 is 1.79 bits per heavy atom. The second kappa shape index (κ2) is 8.17. The van der Waals surface area contributed by atoms with Gasteiger partial charge >= 0.3 is 0 Å². The molecule has 1 aliphatic rings. The normalized spacial score (nSPS) is 14.1. The first-order valence-corrected chi connectivity index (χ1v) is 7.72. The highest BCUT2D eigenvalue weighted by Gasteiger charge is 2.23. The van der Waals surface area contributed by atoms with Gasteiger partial charge < -0.3 is 14.5 Å². The maximum atomic E-state index is 12.5. The van der Waals surface area contributed by atoms with Gasteiger partial charge in [-0.1, -0.05) is 11.6 Å². The van der Waals surface area contributed by atoms with Gasteiger partial charge in [0.1, 0.15) is 0 Å². The number of amides is 1. The monoisotopic (exact) mass is 368 g/mol. The van der Waals surface area contributed by atoms with Crippen molar-refractivity contribution in [3.63, 3.8) is 0 Å². The number of aromatic nitrogens is 2. The lowest BCUT2D eigenvalue weighted by Gasteiger charge is -2.34. The zero-order chi connectivity index (χ0) is 16.2. The van der Waals surface area contributed by atoms with E-state index >= 15 is 0 Å². The lowest BCUT2D eigenvalue weighted by molar-refractivity contribution is 0.0746. The third kappa shape index (κ3) is 4.07. The summed E-state index contributed by atoms with van der Waals surface area (Å²) in [6.45, 7) is 2.63. The van der Waals surface area contributed by atoms with Crippen molar-refractivity contribution in [2.45, 2.75) is 0 Å². The number of carbonyl (C=O) groups is 1. The van der Waals surface area contributed by atoms with Crippen molar-refractivity contribution in [2.75, 3.05) is 38.2 Å². The van der Waals surface area contributed by atoms with Gasteiger partial charge in [-0.3, -0.25) is 4.79 Å². The fourth-order valence-corrected chi connectivity index (χ4v) is 2.61. The van der Waals surface area contributed by atoms with Gasteiger partial charge in [-0.2, -0.15) is 4.98 Å². The number of methoxy groups -OCH3 is 1. The molecular weight excluding hydrogens is 351 g/mol. The predicted molar refractivity (Wildman–Crippen MR) is 95.4 cm³/mol. The Morgan fingerprint density at radius 1 is 1.12 bits per heavy atom. The molecule has 0 radical (unpaired) electrons. The Hall–Kier alpha value is -2.05. The molecule has 2 aromatic rings. The summed E-state index contributed by atoms with van der Waals surface area (Å²) in [5.74, 6) is 1.19. The van der Waals surface area contributed by atoms with Crippen molar-refractivity contribution in [1.82, 2.24) is 14.9 Å². The third-order valence-corrected chi connectivity index (χ3v) is 4.02. The quantitative estimate of drug-likeness (QED) is 0.832. The molecule has 1 aromatic heterocycles. The van der Waals surface area contributed by atoms with Crippen LogP contribution in [0, 0.1) is 0 Å². The fourth-order valence-electron chi connectivity index (χ4n) is 2.48. The Balaban J connectivity index is 0.00000208. The van der Waals surface area contributed by atoms with Gasteiger partial charge in [0.2, 0.25) is 11.8 Å². The molecule has 1 saturated heterocycles. The van der Waals surface area contributed by atoms with Crippen molar-refractivity contribution < 1.29 is 9.53 Å². The van der Waals surface area contributed by atoms with Crippen LogP contribution >= 0.6 is 24.0 Å². The van der Waals surface area contributed by atoms with E-state index in [1.54, 1.807) is 43.6 Å². The molecule has 1 fully saturated rings. The molecule has 0 saturated carbocycles. The largest absolute Gasteiger partial charge is 0.481 e. The highest BCUT2D eigenvalue weighted by molar-refractivity contribution is 6.30. The van der Waals surface area contributed by atoms with Crippen LogP contribution in [0.1, 0.15) is 10.4 Å². The van der Waals surface area contributed by atoms with Gasteiger partial charge in [-0.25, -0.2) is 4.98 Å². The van der Waals surface area contributed by atoms with Crippen LogP contribution < -0.4 is 9.64 Å². The van der Waals surface area contributed by atoms with E-state index in [1.807, 2.05) is 9.80 Å². The highest BCUT2D eigenvalue weighted by atomic mass is 35.5. The third-order valence-electron chi connectivity index (χ3n) is 3.77. The molecule has 2 heterocycles. The van der Waals surface area contributed by atoms with Gasteiger partial charge in [-0.15, -0.1) is 12.4 Å². The number of carbonyl (C=O) groups excluding carboxylic acids is 1. The molecule has 3 rings (SSSR count). The number of nitrogens with zero attached hydrogens (tertiary/aromatic N) is 4. The first-order chi connectivity index (χ1) is 11.2. The number of hydrogen-bond acceptors (Lipinski definition) is 5. The molecule has 1 aliphatic heterocycles. The summed E-state index contributed by atoms with van der Waals surface area (Å²) in [7, 11) is 1.58.